The van der Waals surface area contributed by atoms with Crippen LogP contribution in [0.1, 0.15) is 0 Å². The Morgan fingerprint density at radius 3 is 2.69 bits per heavy atom. The van der Waals surface area contributed by atoms with Crippen LogP contribution in [-0.4, -0.2) is 10.1 Å². The van der Waals surface area contributed by atoms with Crippen molar-refractivity contribution < 1.29 is 13.9 Å². The van der Waals surface area contributed by atoms with E-state index < -0.39 is 11.6 Å². The Morgan fingerprint density at radius 1 is 1.25 bits per heavy atom. The Balaban J connectivity index is 2.63. The average Bonchev–Trinajstić information content (AvgIpc) is 2.23. The highest BCUT2D eigenvalue weighted by Crippen LogP contribution is 2.30. The Hall–Kier alpha value is -1.68. The van der Waals surface area contributed by atoms with Gasteiger partial charge < -0.3 is 5.11 Å². The van der Waals surface area contributed by atoms with Gasteiger partial charge in [-0.3, -0.25) is 4.98 Å². The molecular formula is C11H6ClF2NO. The number of nitrogens with zero attached hydrogens (tertiary/aromatic N) is 1. The maximum atomic E-state index is 13.4. The summed E-state index contributed by atoms with van der Waals surface area (Å²) in [5, 5.41) is 9.15. The summed E-state index contributed by atoms with van der Waals surface area (Å²) < 4.78 is 26.4. The van der Waals surface area contributed by atoms with Gasteiger partial charge in [-0.25, -0.2) is 8.78 Å². The Morgan fingerprint density at radius 2 is 2.00 bits per heavy atom. The van der Waals surface area contributed by atoms with Crippen molar-refractivity contribution in [1.82, 2.24) is 4.98 Å². The summed E-state index contributed by atoms with van der Waals surface area (Å²) in [6.45, 7) is 0. The third-order valence-electron chi connectivity index (χ3n) is 2.03. The molecule has 0 unspecified atom stereocenters. The van der Waals surface area contributed by atoms with E-state index in [1.807, 2.05) is 0 Å². The Bertz CT molecular complexity index is 546. The molecule has 1 aromatic carbocycles. The van der Waals surface area contributed by atoms with Crippen LogP contribution in [0.3, 0.4) is 0 Å². The second-order valence-electron chi connectivity index (χ2n) is 3.13. The molecule has 0 atom stereocenters. The van der Waals surface area contributed by atoms with E-state index in [4.69, 9.17) is 16.7 Å². The standard InChI is InChI=1S/C11H6ClF2NO/c12-8-4-6(16)5-15-11(8)7-2-1-3-9(13)10(7)14/h1-5,16H. The maximum Gasteiger partial charge on any atom is 0.168 e. The van der Waals surface area contributed by atoms with Crippen LogP contribution in [0, 0.1) is 11.6 Å². The van der Waals surface area contributed by atoms with Gasteiger partial charge >= 0.3 is 0 Å². The molecule has 0 aliphatic carbocycles. The lowest BCUT2D eigenvalue weighted by Gasteiger charge is -2.05. The minimum absolute atomic E-state index is 0.0370. The normalized spacial score (nSPS) is 10.4. The van der Waals surface area contributed by atoms with Crippen LogP contribution in [0.15, 0.2) is 30.5 Å². The first-order chi connectivity index (χ1) is 7.59. The number of pyridine rings is 1. The third kappa shape index (κ3) is 1.84. The predicted octanol–water partition coefficient (Wildman–Crippen LogP) is 3.39. The molecule has 2 aromatic rings. The van der Waals surface area contributed by atoms with Gasteiger partial charge in [-0.1, -0.05) is 17.7 Å². The first kappa shape index (κ1) is 10.8. The zero-order valence-corrected chi connectivity index (χ0v) is 8.67. The molecule has 0 amide bonds. The molecule has 0 saturated heterocycles. The van der Waals surface area contributed by atoms with Crippen LogP contribution >= 0.6 is 11.6 Å². The third-order valence-corrected chi connectivity index (χ3v) is 2.32. The Labute approximate surface area is 95.1 Å². The quantitative estimate of drug-likeness (QED) is 0.830. The highest BCUT2D eigenvalue weighted by molar-refractivity contribution is 6.33. The highest BCUT2D eigenvalue weighted by atomic mass is 35.5. The topological polar surface area (TPSA) is 33.1 Å². The van der Waals surface area contributed by atoms with Crippen molar-refractivity contribution in [2.75, 3.05) is 0 Å². The Kier molecular flexibility index (Phi) is 2.75. The van der Waals surface area contributed by atoms with Crippen LogP contribution in [0.5, 0.6) is 5.75 Å². The van der Waals surface area contributed by atoms with Crippen molar-refractivity contribution in [2.24, 2.45) is 0 Å². The van der Waals surface area contributed by atoms with Gasteiger partial charge in [0.2, 0.25) is 0 Å². The molecule has 0 aliphatic heterocycles. The fraction of sp³-hybridized carbons (Fsp3) is 0. The first-order valence-corrected chi connectivity index (χ1v) is 4.76. The lowest BCUT2D eigenvalue weighted by molar-refractivity contribution is 0.472. The smallest absolute Gasteiger partial charge is 0.168 e. The van der Waals surface area contributed by atoms with E-state index in [9.17, 15) is 8.78 Å². The monoisotopic (exact) mass is 241 g/mol. The molecule has 0 saturated carbocycles. The van der Waals surface area contributed by atoms with Crippen molar-refractivity contribution >= 4 is 11.6 Å². The van der Waals surface area contributed by atoms with Crippen molar-refractivity contribution in [3.63, 3.8) is 0 Å². The fourth-order valence-corrected chi connectivity index (χ4v) is 1.58. The molecule has 16 heavy (non-hydrogen) atoms. The van der Waals surface area contributed by atoms with E-state index in [1.54, 1.807) is 0 Å². The van der Waals surface area contributed by atoms with Crippen LogP contribution in [0.4, 0.5) is 8.78 Å². The largest absolute Gasteiger partial charge is 0.506 e. The summed E-state index contributed by atoms with van der Waals surface area (Å²) in [6, 6.07) is 4.95. The maximum absolute atomic E-state index is 13.4. The SMILES string of the molecule is Oc1cnc(-c2cccc(F)c2F)c(Cl)c1. The number of aromatic hydroxyl groups is 1. The van der Waals surface area contributed by atoms with Crippen molar-refractivity contribution in [3.05, 3.63) is 47.1 Å². The predicted molar refractivity (Wildman–Crippen MR) is 56.3 cm³/mol. The molecular weight excluding hydrogens is 236 g/mol. The number of aromatic nitrogens is 1. The molecule has 82 valence electrons. The summed E-state index contributed by atoms with van der Waals surface area (Å²) >= 11 is 5.78. The van der Waals surface area contributed by atoms with E-state index in [-0.39, 0.29) is 22.0 Å². The van der Waals surface area contributed by atoms with E-state index in [0.717, 1.165) is 12.3 Å². The highest BCUT2D eigenvalue weighted by Gasteiger charge is 2.13. The number of hydrogen-bond donors (Lipinski definition) is 1. The fourth-order valence-electron chi connectivity index (χ4n) is 1.31. The summed E-state index contributed by atoms with van der Waals surface area (Å²) in [6.07, 6.45) is 1.12. The minimum atomic E-state index is -1.01. The van der Waals surface area contributed by atoms with Gasteiger partial charge in [0, 0.05) is 11.6 Å². The van der Waals surface area contributed by atoms with Crippen molar-refractivity contribution in [2.45, 2.75) is 0 Å². The minimum Gasteiger partial charge on any atom is -0.506 e. The zero-order chi connectivity index (χ0) is 11.7. The average molecular weight is 242 g/mol. The van der Waals surface area contributed by atoms with Gasteiger partial charge in [0.05, 0.1) is 16.9 Å². The molecule has 0 spiro atoms. The van der Waals surface area contributed by atoms with E-state index in [1.165, 1.54) is 18.2 Å². The molecule has 1 heterocycles. The first-order valence-electron chi connectivity index (χ1n) is 4.38. The van der Waals surface area contributed by atoms with Gasteiger partial charge in [0.25, 0.3) is 0 Å². The van der Waals surface area contributed by atoms with Crippen LogP contribution in [0.25, 0.3) is 11.3 Å². The van der Waals surface area contributed by atoms with Gasteiger partial charge in [-0.2, -0.15) is 0 Å². The molecule has 2 nitrogen and oxygen atoms in total. The number of rotatable bonds is 1. The molecule has 0 bridgehead atoms. The van der Waals surface area contributed by atoms with Crippen LogP contribution in [0.2, 0.25) is 5.02 Å². The molecule has 5 heteroatoms. The van der Waals surface area contributed by atoms with Gasteiger partial charge in [0.15, 0.2) is 11.6 Å². The number of halogens is 3. The van der Waals surface area contributed by atoms with Crippen LogP contribution in [-0.2, 0) is 0 Å². The second kappa shape index (κ2) is 4.06. The zero-order valence-electron chi connectivity index (χ0n) is 7.92. The van der Waals surface area contributed by atoms with E-state index in [2.05, 4.69) is 4.98 Å². The summed E-state index contributed by atoms with van der Waals surface area (Å²) in [4.78, 5) is 3.76. The second-order valence-corrected chi connectivity index (χ2v) is 3.53. The molecule has 0 radical (unpaired) electrons. The lowest BCUT2D eigenvalue weighted by Crippen LogP contribution is -1.92. The van der Waals surface area contributed by atoms with Gasteiger partial charge in [-0.15, -0.1) is 0 Å². The van der Waals surface area contributed by atoms with E-state index >= 15 is 0 Å². The molecule has 1 N–H and O–H groups in total. The van der Waals surface area contributed by atoms with Gasteiger partial charge in [-0.05, 0) is 12.1 Å². The van der Waals surface area contributed by atoms with Crippen molar-refractivity contribution in [3.8, 4) is 17.0 Å². The summed E-state index contributed by atoms with van der Waals surface area (Å²) in [7, 11) is 0. The number of hydrogen-bond acceptors (Lipinski definition) is 2. The van der Waals surface area contributed by atoms with Crippen LogP contribution < -0.4 is 0 Å². The van der Waals surface area contributed by atoms with Crippen molar-refractivity contribution in [1.29, 1.82) is 0 Å². The van der Waals surface area contributed by atoms with Gasteiger partial charge in [0.1, 0.15) is 5.75 Å². The van der Waals surface area contributed by atoms with E-state index in [0.29, 0.717) is 0 Å². The molecule has 1 aromatic heterocycles. The lowest BCUT2D eigenvalue weighted by atomic mass is 10.1. The molecule has 2 rings (SSSR count). The number of benzene rings is 1. The molecule has 0 fully saturated rings. The summed E-state index contributed by atoms with van der Waals surface area (Å²) in [5.41, 5.74) is 0.0569. The summed E-state index contributed by atoms with van der Waals surface area (Å²) in [5.74, 6) is -2.11. The molecule has 0 aliphatic rings.